The van der Waals surface area contributed by atoms with Crippen LogP contribution in [0.4, 0.5) is 10.1 Å². The summed E-state index contributed by atoms with van der Waals surface area (Å²) in [6.07, 6.45) is -0.271. The van der Waals surface area contributed by atoms with E-state index < -0.39 is 11.7 Å². The van der Waals surface area contributed by atoms with Crippen LogP contribution >= 0.6 is 0 Å². The van der Waals surface area contributed by atoms with Crippen molar-refractivity contribution >= 4 is 17.5 Å². The molecule has 0 atom stereocenters. The van der Waals surface area contributed by atoms with E-state index in [1.54, 1.807) is 6.07 Å². The third-order valence-corrected chi connectivity index (χ3v) is 1.71. The van der Waals surface area contributed by atoms with Gasteiger partial charge in [-0.1, -0.05) is 6.07 Å². The number of nitrogens with one attached hydrogen (secondary N) is 2. The topological polar surface area (TPSA) is 58.2 Å². The fraction of sp³-hybridized carbons (Fsp3) is 0.200. The van der Waals surface area contributed by atoms with Gasteiger partial charge in [0.05, 0.1) is 0 Å². The maximum absolute atomic E-state index is 12.7. The second-order valence-electron chi connectivity index (χ2n) is 2.91. The normalized spacial score (nSPS) is 9.47. The summed E-state index contributed by atoms with van der Waals surface area (Å²) >= 11 is 0. The number of carbonyl (C=O) groups is 2. The SMILES string of the molecule is CNC(=O)CC(=O)Nc1cccc(F)c1. The van der Waals surface area contributed by atoms with E-state index >= 15 is 0 Å². The van der Waals surface area contributed by atoms with Crippen LogP contribution in [0.2, 0.25) is 0 Å². The quantitative estimate of drug-likeness (QED) is 0.728. The maximum atomic E-state index is 12.7. The van der Waals surface area contributed by atoms with Crippen molar-refractivity contribution in [2.24, 2.45) is 0 Å². The molecule has 80 valence electrons. The lowest BCUT2D eigenvalue weighted by atomic mass is 10.3. The van der Waals surface area contributed by atoms with E-state index in [4.69, 9.17) is 0 Å². The molecule has 1 aromatic carbocycles. The molecular formula is C10H11FN2O2. The Hall–Kier alpha value is -1.91. The van der Waals surface area contributed by atoms with Gasteiger partial charge in [0.25, 0.3) is 0 Å². The first-order valence-corrected chi connectivity index (χ1v) is 4.38. The summed E-state index contributed by atoms with van der Waals surface area (Å²) < 4.78 is 12.7. The van der Waals surface area contributed by atoms with Crippen LogP contribution in [0.1, 0.15) is 6.42 Å². The van der Waals surface area contributed by atoms with Crippen molar-refractivity contribution in [3.63, 3.8) is 0 Å². The Morgan fingerprint density at radius 1 is 1.33 bits per heavy atom. The largest absolute Gasteiger partial charge is 0.359 e. The molecule has 0 aliphatic carbocycles. The lowest BCUT2D eigenvalue weighted by Gasteiger charge is -2.04. The van der Waals surface area contributed by atoms with Crippen molar-refractivity contribution in [1.82, 2.24) is 5.32 Å². The van der Waals surface area contributed by atoms with Gasteiger partial charge < -0.3 is 10.6 Å². The molecule has 0 saturated carbocycles. The fourth-order valence-corrected chi connectivity index (χ4v) is 1.01. The van der Waals surface area contributed by atoms with Crippen molar-refractivity contribution in [2.75, 3.05) is 12.4 Å². The predicted octanol–water partition coefficient (Wildman–Crippen LogP) is 0.900. The number of hydrogen-bond acceptors (Lipinski definition) is 2. The molecule has 2 N–H and O–H groups in total. The number of amides is 2. The molecule has 0 bridgehead atoms. The van der Waals surface area contributed by atoms with E-state index in [-0.39, 0.29) is 12.3 Å². The average Bonchev–Trinajstić information content (AvgIpc) is 2.17. The molecule has 4 nitrogen and oxygen atoms in total. The third kappa shape index (κ3) is 3.76. The van der Waals surface area contributed by atoms with Gasteiger partial charge in [0, 0.05) is 12.7 Å². The summed E-state index contributed by atoms with van der Waals surface area (Å²) in [5.41, 5.74) is 0.337. The molecule has 5 heteroatoms. The Morgan fingerprint density at radius 3 is 2.67 bits per heavy atom. The highest BCUT2D eigenvalue weighted by atomic mass is 19.1. The van der Waals surface area contributed by atoms with E-state index in [0.29, 0.717) is 5.69 Å². The van der Waals surface area contributed by atoms with Gasteiger partial charge in [-0.15, -0.1) is 0 Å². The van der Waals surface area contributed by atoms with E-state index in [2.05, 4.69) is 10.6 Å². The number of rotatable bonds is 3. The summed E-state index contributed by atoms with van der Waals surface area (Å²) in [7, 11) is 1.44. The number of carbonyl (C=O) groups excluding carboxylic acids is 2. The summed E-state index contributed by atoms with van der Waals surface area (Å²) in [6.45, 7) is 0. The van der Waals surface area contributed by atoms with Crippen molar-refractivity contribution in [2.45, 2.75) is 6.42 Å². The van der Waals surface area contributed by atoms with Crippen LogP contribution in [-0.2, 0) is 9.59 Å². The summed E-state index contributed by atoms with van der Waals surface area (Å²) in [5, 5.41) is 4.73. The molecule has 0 unspecified atom stereocenters. The van der Waals surface area contributed by atoms with Crippen LogP contribution in [0, 0.1) is 5.82 Å². The minimum atomic E-state index is -0.472. The Bertz CT molecular complexity index is 379. The van der Waals surface area contributed by atoms with Crippen molar-refractivity contribution < 1.29 is 14.0 Å². The maximum Gasteiger partial charge on any atom is 0.233 e. The molecule has 0 aliphatic heterocycles. The van der Waals surface area contributed by atoms with Gasteiger partial charge in [0.15, 0.2) is 0 Å². The van der Waals surface area contributed by atoms with E-state index in [9.17, 15) is 14.0 Å². The number of hydrogen-bond donors (Lipinski definition) is 2. The highest BCUT2D eigenvalue weighted by Crippen LogP contribution is 2.09. The van der Waals surface area contributed by atoms with Crippen LogP contribution in [0.3, 0.4) is 0 Å². The Kier molecular flexibility index (Phi) is 3.79. The molecule has 0 aliphatic rings. The van der Waals surface area contributed by atoms with Crippen LogP contribution < -0.4 is 10.6 Å². The zero-order chi connectivity index (χ0) is 11.3. The number of anilines is 1. The van der Waals surface area contributed by atoms with Gasteiger partial charge in [-0.25, -0.2) is 4.39 Å². The van der Waals surface area contributed by atoms with Crippen LogP contribution in [-0.4, -0.2) is 18.9 Å². The highest BCUT2D eigenvalue weighted by molar-refractivity contribution is 6.03. The first-order chi connectivity index (χ1) is 7.11. The van der Waals surface area contributed by atoms with Gasteiger partial charge in [0.2, 0.25) is 11.8 Å². The lowest BCUT2D eigenvalue weighted by molar-refractivity contribution is -0.126. The first-order valence-electron chi connectivity index (χ1n) is 4.38. The van der Waals surface area contributed by atoms with E-state index in [1.807, 2.05) is 0 Å². The predicted molar refractivity (Wildman–Crippen MR) is 53.7 cm³/mol. The van der Waals surface area contributed by atoms with E-state index in [0.717, 1.165) is 0 Å². The van der Waals surface area contributed by atoms with Crippen LogP contribution in [0.5, 0.6) is 0 Å². The molecule has 0 spiro atoms. The molecule has 0 heterocycles. The zero-order valence-electron chi connectivity index (χ0n) is 8.21. The van der Waals surface area contributed by atoms with Gasteiger partial charge in [-0.3, -0.25) is 9.59 Å². The monoisotopic (exact) mass is 210 g/mol. The molecule has 0 radical (unpaired) electrons. The van der Waals surface area contributed by atoms with Gasteiger partial charge >= 0.3 is 0 Å². The van der Waals surface area contributed by atoms with Crippen molar-refractivity contribution in [3.05, 3.63) is 30.1 Å². The summed E-state index contributed by atoms with van der Waals surface area (Å²) in [4.78, 5) is 22.0. The zero-order valence-corrected chi connectivity index (χ0v) is 8.21. The van der Waals surface area contributed by atoms with Crippen molar-refractivity contribution in [1.29, 1.82) is 0 Å². The minimum absolute atomic E-state index is 0.271. The molecule has 0 fully saturated rings. The molecule has 1 rings (SSSR count). The van der Waals surface area contributed by atoms with E-state index in [1.165, 1.54) is 25.2 Å². The summed E-state index contributed by atoms with van der Waals surface area (Å²) in [6, 6.07) is 5.48. The third-order valence-electron chi connectivity index (χ3n) is 1.71. The Balaban J connectivity index is 2.55. The van der Waals surface area contributed by atoms with Gasteiger partial charge in [-0.2, -0.15) is 0 Å². The lowest BCUT2D eigenvalue weighted by Crippen LogP contribution is -2.24. The Labute approximate surface area is 86.5 Å². The van der Waals surface area contributed by atoms with Crippen molar-refractivity contribution in [3.8, 4) is 0 Å². The van der Waals surface area contributed by atoms with Crippen LogP contribution in [0.15, 0.2) is 24.3 Å². The first kappa shape index (κ1) is 11.2. The molecule has 0 saturated heterocycles. The average molecular weight is 210 g/mol. The molecule has 2 amide bonds. The fourth-order valence-electron chi connectivity index (χ4n) is 1.01. The molecular weight excluding hydrogens is 199 g/mol. The highest BCUT2D eigenvalue weighted by Gasteiger charge is 2.07. The van der Waals surface area contributed by atoms with Gasteiger partial charge in [0.1, 0.15) is 12.2 Å². The van der Waals surface area contributed by atoms with Gasteiger partial charge in [-0.05, 0) is 18.2 Å². The van der Waals surface area contributed by atoms with Crippen LogP contribution in [0.25, 0.3) is 0 Å². The number of benzene rings is 1. The second kappa shape index (κ2) is 5.09. The molecule has 0 aromatic heterocycles. The standard InChI is InChI=1S/C10H11FN2O2/c1-12-9(14)6-10(15)13-8-4-2-3-7(11)5-8/h2-5H,6H2,1H3,(H,12,14)(H,13,15). The smallest absolute Gasteiger partial charge is 0.233 e. The number of halogens is 1. The molecule has 1 aromatic rings. The summed E-state index contributed by atoms with van der Waals surface area (Å²) in [5.74, 6) is -1.29. The Morgan fingerprint density at radius 2 is 2.07 bits per heavy atom. The minimum Gasteiger partial charge on any atom is -0.359 e. The second-order valence-corrected chi connectivity index (χ2v) is 2.91. The molecule has 15 heavy (non-hydrogen) atoms.